The van der Waals surface area contributed by atoms with Gasteiger partial charge in [-0.1, -0.05) is 32.1 Å². The van der Waals surface area contributed by atoms with Crippen LogP contribution in [-0.2, 0) is 0 Å². The third-order valence-electron chi connectivity index (χ3n) is 5.89. The SMILES string of the molecule is C=CC(C)(C(=C)C)C(CNC)C(C(C)NC)C(C)C(C)NC. The van der Waals surface area contributed by atoms with Crippen LogP contribution in [-0.4, -0.2) is 39.8 Å². The van der Waals surface area contributed by atoms with E-state index in [4.69, 9.17) is 0 Å². The number of nitrogens with one attached hydrogen (secondary N) is 3. The van der Waals surface area contributed by atoms with Crippen LogP contribution in [0.15, 0.2) is 24.8 Å². The highest BCUT2D eigenvalue weighted by Gasteiger charge is 2.42. The van der Waals surface area contributed by atoms with Crippen molar-refractivity contribution < 1.29 is 0 Å². The zero-order chi connectivity index (χ0) is 17.5. The van der Waals surface area contributed by atoms with Crippen LogP contribution in [0.1, 0.15) is 34.6 Å². The smallest absolute Gasteiger partial charge is 0.00980 e. The predicted molar refractivity (Wildman–Crippen MR) is 100 cm³/mol. The van der Waals surface area contributed by atoms with E-state index in [0.717, 1.165) is 6.54 Å². The zero-order valence-corrected chi connectivity index (χ0v) is 16.1. The van der Waals surface area contributed by atoms with Gasteiger partial charge in [0.25, 0.3) is 0 Å². The minimum atomic E-state index is -0.0828. The quantitative estimate of drug-likeness (QED) is 0.513. The van der Waals surface area contributed by atoms with Crippen LogP contribution in [0.25, 0.3) is 0 Å². The second-order valence-electron chi connectivity index (χ2n) is 7.02. The lowest BCUT2D eigenvalue weighted by Gasteiger charge is -2.47. The Bertz CT molecular complexity index is 353. The molecule has 0 bridgehead atoms. The van der Waals surface area contributed by atoms with Crippen molar-refractivity contribution in [3.8, 4) is 0 Å². The first kappa shape index (κ1) is 21.4. The molecule has 3 N–H and O–H groups in total. The summed E-state index contributed by atoms with van der Waals surface area (Å²) < 4.78 is 0. The molecule has 0 spiro atoms. The van der Waals surface area contributed by atoms with Crippen LogP contribution in [0.3, 0.4) is 0 Å². The summed E-state index contributed by atoms with van der Waals surface area (Å²) >= 11 is 0. The maximum Gasteiger partial charge on any atom is 0.00980 e. The number of hydrogen-bond acceptors (Lipinski definition) is 3. The lowest BCUT2D eigenvalue weighted by Crippen LogP contribution is -2.51. The molecule has 3 nitrogen and oxygen atoms in total. The molecule has 0 saturated heterocycles. The van der Waals surface area contributed by atoms with Crippen molar-refractivity contribution in [1.82, 2.24) is 16.0 Å². The molecule has 0 amide bonds. The van der Waals surface area contributed by atoms with Gasteiger partial charge in [0.05, 0.1) is 0 Å². The van der Waals surface area contributed by atoms with Crippen LogP contribution < -0.4 is 16.0 Å². The van der Waals surface area contributed by atoms with Crippen molar-refractivity contribution in [3.63, 3.8) is 0 Å². The zero-order valence-electron chi connectivity index (χ0n) is 16.1. The van der Waals surface area contributed by atoms with Gasteiger partial charge >= 0.3 is 0 Å². The van der Waals surface area contributed by atoms with E-state index in [1.165, 1.54) is 5.57 Å². The van der Waals surface area contributed by atoms with Crippen LogP contribution >= 0.6 is 0 Å². The normalized spacial score (nSPS) is 21.3. The van der Waals surface area contributed by atoms with E-state index in [1.54, 1.807) is 0 Å². The van der Waals surface area contributed by atoms with Gasteiger partial charge in [-0.15, -0.1) is 6.58 Å². The maximum atomic E-state index is 4.26. The summed E-state index contributed by atoms with van der Waals surface area (Å²) in [6, 6.07) is 0.877. The summed E-state index contributed by atoms with van der Waals surface area (Å²) in [5, 5.41) is 10.3. The molecule has 0 heterocycles. The Balaban J connectivity index is 5.87. The molecule has 0 aliphatic heterocycles. The first-order chi connectivity index (χ1) is 10.2. The third-order valence-corrected chi connectivity index (χ3v) is 5.89. The summed E-state index contributed by atoms with van der Waals surface area (Å²) in [4.78, 5) is 0. The molecule has 0 aliphatic rings. The van der Waals surface area contributed by atoms with E-state index in [9.17, 15) is 0 Å². The van der Waals surface area contributed by atoms with E-state index in [2.05, 4.69) is 76.9 Å². The topological polar surface area (TPSA) is 36.1 Å². The van der Waals surface area contributed by atoms with E-state index in [-0.39, 0.29) is 5.41 Å². The second kappa shape index (κ2) is 9.49. The summed E-state index contributed by atoms with van der Waals surface area (Å²) in [6.07, 6.45) is 2.09. The molecule has 3 heteroatoms. The molecule has 22 heavy (non-hydrogen) atoms. The van der Waals surface area contributed by atoms with Gasteiger partial charge in [0.2, 0.25) is 0 Å². The summed E-state index contributed by atoms with van der Waals surface area (Å²) in [5.74, 6) is 1.46. The second-order valence-corrected chi connectivity index (χ2v) is 7.02. The van der Waals surface area contributed by atoms with Gasteiger partial charge in [-0.3, -0.25) is 0 Å². The minimum Gasteiger partial charge on any atom is -0.319 e. The van der Waals surface area contributed by atoms with E-state index in [1.807, 2.05) is 14.1 Å². The maximum absolute atomic E-state index is 4.26. The predicted octanol–water partition coefficient (Wildman–Crippen LogP) is 3.06. The third kappa shape index (κ3) is 4.68. The molecule has 0 rings (SSSR count). The largest absolute Gasteiger partial charge is 0.319 e. The van der Waals surface area contributed by atoms with Gasteiger partial charge in [-0.2, -0.15) is 0 Å². The molecule has 0 saturated carbocycles. The van der Waals surface area contributed by atoms with Gasteiger partial charge in [0, 0.05) is 17.5 Å². The van der Waals surface area contributed by atoms with Crippen molar-refractivity contribution in [2.24, 2.45) is 23.2 Å². The molecular formula is C19H39N3. The fourth-order valence-electron chi connectivity index (χ4n) is 3.57. The molecule has 0 fully saturated rings. The Morgan fingerprint density at radius 1 is 1.09 bits per heavy atom. The van der Waals surface area contributed by atoms with Gasteiger partial charge in [0.1, 0.15) is 0 Å². The van der Waals surface area contributed by atoms with Crippen molar-refractivity contribution >= 4 is 0 Å². The van der Waals surface area contributed by atoms with Gasteiger partial charge < -0.3 is 16.0 Å². The summed E-state index contributed by atoms with van der Waals surface area (Å²) in [5.41, 5.74) is 1.10. The molecule has 0 aromatic rings. The summed E-state index contributed by atoms with van der Waals surface area (Å²) in [6.45, 7) is 20.6. The van der Waals surface area contributed by atoms with Crippen molar-refractivity contribution in [1.29, 1.82) is 0 Å². The van der Waals surface area contributed by atoms with Crippen LogP contribution in [0.4, 0.5) is 0 Å². The molecule has 130 valence electrons. The van der Waals surface area contributed by atoms with E-state index < -0.39 is 0 Å². The van der Waals surface area contributed by atoms with Gasteiger partial charge in [-0.25, -0.2) is 0 Å². The van der Waals surface area contributed by atoms with Crippen molar-refractivity contribution in [2.45, 2.75) is 46.7 Å². The monoisotopic (exact) mass is 309 g/mol. The van der Waals surface area contributed by atoms with Crippen LogP contribution in [0.2, 0.25) is 0 Å². The standard InChI is InChI=1S/C19H39N3/c1-11-19(7,13(2)3)17(12-20-8)18(16(6)22-10)14(4)15(5)21-9/h11,14-18,20-22H,1-2,12H2,3-10H3. The van der Waals surface area contributed by atoms with Crippen LogP contribution in [0.5, 0.6) is 0 Å². The Morgan fingerprint density at radius 2 is 1.59 bits per heavy atom. The lowest BCUT2D eigenvalue weighted by atomic mass is 9.61. The first-order valence-electron chi connectivity index (χ1n) is 8.49. The Labute approximate surface area is 139 Å². The fraction of sp³-hybridized carbons (Fsp3) is 0.789. The molecule has 0 aliphatic carbocycles. The Hall–Kier alpha value is -0.640. The highest BCUT2D eigenvalue weighted by molar-refractivity contribution is 5.18. The van der Waals surface area contributed by atoms with E-state index >= 15 is 0 Å². The fourth-order valence-corrected chi connectivity index (χ4v) is 3.57. The minimum absolute atomic E-state index is 0.0828. The van der Waals surface area contributed by atoms with Gasteiger partial charge in [-0.05, 0) is 66.2 Å². The highest BCUT2D eigenvalue weighted by Crippen LogP contribution is 2.44. The van der Waals surface area contributed by atoms with Crippen LogP contribution in [0, 0.1) is 23.2 Å². The Kier molecular flexibility index (Phi) is 9.21. The number of rotatable bonds is 11. The molecule has 0 aromatic carbocycles. The molecule has 0 aromatic heterocycles. The number of allylic oxidation sites excluding steroid dienone is 2. The molecule has 0 radical (unpaired) electrons. The van der Waals surface area contributed by atoms with Crippen molar-refractivity contribution in [2.75, 3.05) is 27.7 Å². The average Bonchev–Trinajstić information content (AvgIpc) is 2.51. The average molecular weight is 310 g/mol. The molecule has 6 atom stereocenters. The highest BCUT2D eigenvalue weighted by atomic mass is 14.9. The lowest BCUT2D eigenvalue weighted by molar-refractivity contribution is 0.102. The summed E-state index contributed by atoms with van der Waals surface area (Å²) in [7, 11) is 6.12. The number of hydrogen-bond donors (Lipinski definition) is 3. The molecule has 6 unspecified atom stereocenters. The van der Waals surface area contributed by atoms with E-state index in [0.29, 0.717) is 29.8 Å². The Morgan fingerprint density at radius 3 is 1.91 bits per heavy atom. The van der Waals surface area contributed by atoms with Gasteiger partial charge in [0.15, 0.2) is 0 Å². The first-order valence-corrected chi connectivity index (χ1v) is 8.49. The van der Waals surface area contributed by atoms with Crippen molar-refractivity contribution in [3.05, 3.63) is 24.8 Å². The molecular weight excluding hydrogens is 270 g/mol.